The Balaban J connectivity index is 2.26. The van der Waals surface area contributed by atoms with Gasteiger partial charge in [0.2, 0.25) is 0 Å². The summed E-state index contributed by atoms with van der Waals surface area (Å²) in [5.41, 5.74) is 1.96. The van der Waals surface area contributed by atoms with Gasteiger partial charge in [-0.1, -0.05) is 31.2 Å². The Morgan fingerprint density at radius 2 is 2.21 bits per heavy atom. The van der Waals surface area contributed by atoms with Gasteiger partial charge in [0.1, 0.15) is 0 Å². The lowest BCUT2D eigenvalue weighted by atomic mass is 10.1. The Morgan fingerprint density at radius 1 is 1.43 bits per heavy atom. The summed E-state index contributed by atoms with van der Waals surface area (Å²) in [6, 6.07) is 7.77. The third-order valence-electron chi connectivity index (χ3n) is 2.37. The van der Waals surface area contributed by atoms with Crippen molar-refractivity contribution in [2.45, 2.75) is 19.9 Å². The number of amides is 1. The van der Waals surface area contributed by atoms with Gasteiger partial charge < -0.3 is 4.90 Å². The van der Waals surface area contributed by atoms with Crippen molar-refractivity contribution in [3.05, 3.63) is 47.7 Å². The highest BCUT2D eigenvalue weighted by Gasteiger charge is 2.24. The summed E-state index contributed by atoms with van der Waals surface area (Å²) in [6.07, 6.45) is 4.84. The van der Waals surface area contributed by atoms with Gasteiger partial charge in [0.05, 0.1) is 6.54 Å². The van der Waals surface area contributed by atoms with Crippen LogP contribution in [-0.4, -0.2) is 10.8 Å². The van der Waals surface area contributed by atoms with Crippen molar-refractivity contribution >= 4 is 5.91 Å². The molecule has 0 aromatic heterocycles. The lowest BCUT2D eigenvalue weighted by Crippen LogP contribution is -2.16. The van der Waals surface area contributed by atoms with E-state index in [4.69, 9.17) is 0 Å². The molecule has 1 heterocycles. The van der Waals surface area contributed by atoms with Crippen LogP contribution >= 0.6 is 0 Å². The van der Waals surface area contributed by atoms with Crippen LogP contribution in [0.3, 0.4) is 0 Å². The van der Waals surface area contributed by atoms with E-state index in [-0.39, 0.29) is 5.91 Å². The lowest BCUT2D eigenvalue weighted by Gasteiger charge is -2.07. The predicted octanol–water partition coefficient (Wildman–Crippen LogP) is 2.57. The summed E-state index contributed by atoms with van der Waals surface area (Å²) in [5.74, 6) is 0.116. The topological polar surface area (TPSA) is 20.3 Å². The Morgan fingerprint density at radius 3 is 2.93 bits per heavy atom. The van der Waals surface area contributed by atoms with Gasteiger partial charge in [0.15, 0.2) is 0 Å². The van der Waals surface area contributed by atoms with Gasteiger partial charge in [-0.3, -0.25) is 4.79 Å². The number of fused-ring (bicyclic) bond motifs is 1. The summed E-state index contributed by atoms with van der Waals surface area (Å²) in [6.45, 7) is 2.77. The number of benzene rings is 1. The number of carbonyl (C=O) groups is 1. The van der Waals surface area contributed by atoms with Crippen molar-refractivity contribution in [2.75, 3.05) is 0 Å². The zero-order valence-electron chi connectivity index (χ0n) is 8.23. The quantitative estimate of drug-likeness (QED) is 0.696. The fourth-order valence-electron chi connectivity index (χ4n) is 1.63. The average molecular weight is 187 g/mol. The molecule has 2 rings (SSSR count). The minimum absolute atomic E-state index is 0.116. The van der Waals surface area contributed by atoms with E-state index in [0.29, 0.717) is 6.54 Å². The maximum atomic E-state index is 11.8. The second-order valence-electron chi connectivity index (χ2n) is 3.38. The van der Waals surface area contributed by atoms with Crippen LogP contribution in [0.4, 0.5) is 0 Å². The molecular formula is C12H13NO. The molecule has 0 bridgehead atoms. The Kier molecular flexibility index (Phi) is 2.35. The highest BCUT2D eigenvalue weighted by atomic mass is 16.2. The molecule has 14 heavy (non-hydrogen) atoms. The van der Waals surface area contributed by atoms with Crippen LogP contribution in [0.5, 0.6) is 0 Å². The molecule has 1 aromatic carbocycles. The maximum absolute atomic E-state index is 11.8. The molecule has 0 fully saturated rings. The zero-order valence-corrected chi connectivity index (χ0v) is 8.23. The second-order valence-corrected chi connectivity index (χ2v) is 3.38. The van der Waals surface area contributed by atoms with E-state index >= 15 is 0 Å². The first kappa shape index (κ1) is 9.00. The molecule has 0 spiro atoms. The van der Waals surface area contributed by atoms with E-state index in [2.05, 4.69) is 6.92 Å². The number of hydrogen-bond donors (Lipinski definition) is 0. The van der Waals surface area contributed by atoms with Crippen molar-refractivity contribution < 1.29 is 4.79 Å². The summed E-state index contributed by atoms with van der Waals surface area (Å²) in [7, 11) is 0. The first-order valence-electron chi connectivity index (χ1n) is 4.88. The molecule has 0 radical (unpaired) electrons. The zero-order chi connectivity index (χ0) is 9.97. The SMILES string of the molecule is CC/C=C\N1Cc2ccccc2C1=O. The molecule has 0 saturated heterocycles. The van der Waals surface area contributed by atoms with Crippen LogP contribution < -0.4 is 0 Å². The van der Waals surface area contributed by atoms with E-state index in [9.17, 15) is 4.79 Å². The normalized spacial score (nSPS) is 15.2. The van der Waals surface area contributed by atoms with Crippen LogP contribution in [0, 0.1) is 0 Å². The molecule has 1 aromatic rings. The minimum atomic E-state index is 0.116. The lowest BCUT2D eigenvalue weighted by molar-refractivity contribution is 0.0842. The van der Waals surface area contributed by atoms with Crippen molar-refractivity contribution in [1.29, 1.82) is 0 Å². The van der Waals surface area contributed by atoms with Crippen molar-refractivity contribution in [3.63, 3.8) is 0 Å². The fourth-order valence-corrected chi connectivity index (χ4v) is 1.63. The molecule has 0 saturated carbocycles. The smallest absolute Gasteiger partial charge is 0.258 e. The summed E-state index contributed by atoms with van der Waals surface area (Å²) < 4.78 is 0. The van der Waals surface area contributed by atoms with Crippen molar-refractivity contribution in [2.24, 2.45) is 0 Å². The van der Waals surface area contributed by atoms with Crippen LogP contribution in [0.1, 0.15) is 29.3 Å². The van der Waals surface area contributed by atoms with Gasteiger partial charge in [-0.05, 0) is 18.1 Å². The van der Waals surface area contributed by atoms with Crippen molar-refractivity contribution in [1.82, 2.24) is 4.90 Å². The van der Waals surface area contributed by atoms with E-state index in [0.717, 1.165) is 17.5 Å². The first-order valence-corrected chi connectivity index (χ1v) is 4.88. The maximum Gasteiger partial charge on any atom is 0.258 e. The molecule has 72 valence electrons. The highest BCUT2D eigenvalue weighted by Crippen LogP contribution is 2.22. The van der Waals surface area contributed by atoms with E-state index in [1.807, 2.05) is 36.5 Å². The standard InChI is InChI=1S/C12H13NO/c1-2-3-8-13-9-10-6-4-5-7-11(10)12(13)14/h3-8H,2,9H2,1H3/b8-3-. The Hall–Kier alpha value is -1.57. The van der Waals surface area contributed by atoms with E-state index in [1.165, 1.54) is 0 Å². The molecule has 1 amide bonds. The van der Waals surface area contributed by atoms with Gasteiger partial charge in [-0.2, -0.15) is 0 Å². The molecule has 0 atom stereocenters. The molecule has 0 N–H and O–H groups in total. The molecule has 2 heteroatoms. The minimum Gasteiger partial charge on any atom is -0.311 e. The van der Waals surface area contributed by atoms with E-state index < -0.39 is 0 Å². The molecule has 0 aliphatic carbocycles. The molecule has 1 aliphatic heterocycles. The number of nitrogens with zero attached hydrogens (tertiary/aromatic N) is 1. The van der Waals surface area contributed by atoms with Crippen LogP contribution in [0.2, 0.25) is 0 Å². The van der Waals surface area contributed by atoms with Gasteiger partial charge in [-0.25, -0.2) is 0 Å². The Bertz CT molecular complexity index is 382. The van der Waals surface area contributed by atoms with Gasteiger partial charge in [-0.15, -0.1) is 0 Å². The molecule has 0 unspecified atom stereocenters. The number of carbonyl (C=O) groups excluding carboxylic acids is 1. The predicted molar refractivity (Wildman–Crippen MR) is 55.7 cm³/mol. The number of allylic oxidation sites excluding steroid dienone is 1. The summed E-state index contributed by atoms with van der Waals surface area (Å²) in [5, 5.41) is 0. The van der Waals surface area contributed by atoms with Crippen LogP contribution in [0.15, 0.2) is 36.5 Å². The molecule has 1 aliphatic rings. The highest BCUT2D eigenvalue weighted by molar-refractivity contribution is 5.98. The van der Waals surface area contributed by atoms with Crippen LogP contribution in [-0.2, 0) is 6.54 Å². The van der Waals surface area contributed by atoms with Crippen LogP contribution in [0.25, 0.3) is 0 Å². The van der Waals surface area contributed by atoms with Gasteiger partial charge in [0, 0.05) is 11.8 Å². The number of rotatable bonds is 2. The Labute approximate surface area is 83.8 Å². The average Bonchev–Trinajstić information content (AvgIpc) is 2.54. The summed E-state index contributed by atoms with van der Waals surface area (Å²) in [4.78, 5) is 13.5. The third kappa shape index (κ3) is 1.43. The molecular weight excluding hydrogens is 174 g/mol. The second kappa shape index (κ2) is 3.66. The van der Waals surface area contributed by atoms with Gasteiger partial charge in [0.25, 0.3) is 5.91 Å². The molecule has 2 nitrogen and oxygen atoms in total. The first-order chi connectivity index (χ1) is 6.83. The van der Waals surface area contributed by atoms with Crippen molar-refractivity contribution in [3.8, 4) is 0 Å². The number of hydrogen-bond acceptors (Lipinski definition) is 1. The monoisotopic (exact) mass is 187 g/mol. The van der Waals surface area contributed by atoms with Gasteiger partial charge >= 0.3 is 0 Å². The fraction of sp³-hybridized carbons (Fsp3) is 0.250. The van der Waals surface area contributed by atoms with E-state index in [1.54, 1.807) is 4.90 Å². The third-order valence-corrected chi connectivity index (χ3v) is 2.37. The summed E-state index contributed by atoms with van der Waals surface area (Å²) >= 11 is 0. The largest absolute Gasteiger partial charge is 0.311 e.